The van der Waals surface area contributed by atoms with Gasteiger partial charge in [0, 0.05) is 18.5 Å². The van der Waals surface area contributed by atoms with Gasteiger partial charge in [0.2, 0.25) is 11.8 Å². The molecule has 7 nitrogen and oxygen atoms in total. The molecule has 0 fully saturated rings. The number of rotatable bonds is 8. The van der Waals surface area contributed by atoms with Crippen molar-refractivity contribution in [3.63, 3.8) is 0 Å². The molecule has 0 aliphatic carbocycles. The Bertz CT molecular complexity index is 981. The maximum absolute atomic E-state index is 12.7. The van der Waals surface area contributed by atoms with Crippen molar-refractivity contribution >= 4 is 39.6 Å². The summed E-state index contributed by atoms with van der Waals surface area (Å²) in [6.07, 6.45) is -3.65. The number of phenols is 1. The third kappa shape index (κ3) is 7.59. The number of hydrazone groups is 1. The number of carbonyl (C=O) groups is 2. The normalized spacial score (nSPS) is 11.4. The van der Waals surface area contributed by atoms with Crippen LogP contribution in [0.15, 0.2) is 46.0 Å². The van der Waals surface area contributed by atoms with Crippen molar-refractivity contribution in [3.05, 3.63) is 52.0 Å². The number of hydrogen-bond acceptors (Lipinski definition) is 5. The second-order valence-electron chi connectivity index (χ2n) is 6.20. The van der Waals surface area contributed by atoms with E-state index in [0.717, 1.165) is 12.1 Å². The number of hydrogen-bond donors (Lipinski definition) is 3. The van der Waals surface area contributed by atoms with Crippen molar-refractivity contribution in [2.45, 2.75) is 25.9 Å². The molecular weight excluding hydrogens is 483 g/mol. The van der Waals surface area contributed by atoms with Crippen LogP contribution >= 0.6 is 15.9 Å². The van der Waals surface area contributed by atoms with Gasteiger partial charge in [-0.3, -0.25) is 9.59 Å². The van der Waals surface area contributed by atoms with E-state index in [4.69, 9.17) is 4.74 Å². The third-order valence-electron chi connectivity index (χ3n) is 3.81. The molecular formula is C20H19BrF3N3O4. The van der Waals surface area contributed by atoms with Crippen molar-refractivity contribution in [1.29, 1.82) is 0 Å². The lowest BCUT2D eigenvalue weighted by Gasteiger charge is -2.09. The highest BCUT2D eigenvalue weighted by Crippen LogP contribution is 2.35. The summed E-state index contributed by atoms with van der Waals surface area (Å²) in [4.78, 5) is 23.7. The van der Waals surface area contributed by atoms with Crippen LogP contribution < -0.4 is 15.5 Å². The number of benzene rings is 2. The molecule has 2 aromatic carbocycles. The quantitative estimate of drug-likeness (QED) is 0.367. The van der Waals surface area contributed by atoms with Crippen molar-refractivity contribution in [2.24, 2.45) is 5.10 Å². The van der Waals surface area contributed by atoms with Gasteiger partial charge in [0.25, 0.3) is 0 Å². The lowest BCUT2D eigenvalue weighted by Crippen LogP contribution is -2.20. The minimum absolute atomic E-state index is 0.0127. The topological polar surface area (TPSA) is 100 Å². The lowest BCUT2D eigenvalue weighted by atomic mass is 10.2. The highest BCUT2D eigenvalue weighted by atomic mass is 79.9. The SMILES string of the molecule is CCOc1cc(C=NNC(=O)CCC(=O)Nc2cccc(C(F)(F)F)c2)cc(Br)c1O. The summed E-state index contributed by atoms with van der Waals surface area (Å²) in [5.74, 6) is -0.980. The van der Waals surface area contributed by atoms with Gasteiger partial charge < -0.3 is 15.2 Å². The summed E-state index contributed by atoms with van der Waals surface area (Å²) in [6, 6.07) is 7.31. The molecule has 0 atom stereocenters. The number of nitrogens with zero attached hydrogens (tertiary/aromatic N) is 1. The minimum Gasteiger partial charge on any atom is -0.503 e. The summed E-state index contributed by atoms with van der Waals surface area (Å²) in [5.41, 5.74) is 1.89. The fourth-order valence-corrected chi connectivity index (χ4v) is 2.85. The summed E-state index contributed by atoms with van der Waals surface area (Å²) >= 11 is 3.19. The summed E-state index contributed by atoms with van der Waals surface area (Å²) in [5, 5.41) is 16.0. The van der Waals surface area contributed by atoms with Crippen molar-refractivity contribution in [3.8, 4) is 11.5 Å². The summed E-state index contributed by atoms with van der Waals surface area (Å²) < 4.78 is 43.8. The maximum Gasteiger partial charge on any atom is 0.416 e. The Morgan fingerprint density at radius 1 is 1.19 bits per heavy atom. The molecule has 2 amide bonds. The van der Waals surface area contributed by atoms with Gasteiger partial charge in [0.1, 0.15) is 0 Å². The number of ether oxygens (including phenoxy) is 1. The number of alkyl halides is 3. The highest BCUT2D eigenvalue weighted by Gasteiger charge is 2.30. The Morgan fingerprint density at radius 2 is 1.90 bits per heavy atom. The average Bonchev–Trinajstić information content (AvgIpc) is 2.70. The number of carbonyl (C=O) groups excluding carboxylic acids is 2. The van der Waals surface area contributed by atoms with Crippen molar-refractivity contribution < 1.29 is 32.6 Å². The number of aromatic hydroxyl groups is 1. The van der Waals surface area contributed by atoms with Crippen molar-refractivity contribution in [1.82, 2.24) is 5.43 Å². The molecule has 0 saturated carbocycles. The fourth-order valence-electron chi connectivity index (χ4n) is 2.39. The van der Waals surface area contributed by atoms with E-state index in [-0.39, 0.29) is 30.0 Å². The van der Waals surface area contributed by atoms with E-state index >= 15 is 0 Å². The van der Waals surface area contributed by atoms with Gasteiger partial charge in [-0.25, -0.2) is 5.43 Å². The van der Waals surface area contributed by atoms with Gasteiger partial charge in [-0.15, -0.1) is 0 Å². The van der Waals surface area contributed by atoms with Crippen LogP contribution in [0, 0.1) is 0 Å². The Morgan fingerprint density at radius 3 is 2.58 bits per heavy atom. The smallest absolute Gasteiger partial charge is 0.416 e. The third-order valence-corrected chi connectivity index (χ3v) is 4.41. The van der Waals surface area contributed by atoms with Gasteiger partial charge in [0.15, 0.2) is 11.5 Å². The largest absolute Gasteiger partial charge is 0.503 e. The number of halogens is 4. The molecule has 11 heteroatoms. The molecule has 0 aromatic heterocycles. The van der Waals surface area contributed by atoms with E-state index in [1.807, 2.05) is 0 Å². The summed E-state index contributed by atoms with van der Waals surface area (Å²) in [7, 11) is 0. The molecule has 3 N–H and O–H groups in total. The standard InChI is InChI=1S/C20H19BrF3N3O4/c1-2-31-16-9-12(8-15(21)19(16)30)11-25-27-18(29)7-6-17(28)26-14-5-3-4-13(10-14)20(22,23)24/h3-5,8-11,30H,2,6-7H2,1H3,(H,26,28)(H,27,29). The first-order valence-electron chi connectivity index (χ1n) is 9.04. The molecule has 2 aromatic rings. The highest BCUT2D eigenvalue weighted by molar-refractivity contribution is 9.10. The number of amides is 2. The first kappa shape index (κ1) is 24.2. The van der Waals surface area contributed by atoms with Gasteiger partial charge in [-0.05, 0) is 58.7 Å². The maximum atomic E-state index is 12.7. The number of anilines is 1. The van der Waals surface area contributed by atoms with E-state index < -0.39 is 23.6 Å². The van der Waals surface area contributed by atoms with Crippen LogP contribution in [-0.2, 0) is 15.8 Å². The second-order valence-corrected chi connectivity index (χ2v) is 7.06. The van der Waals surface area contributed by atoms with E-state index in [1.165, 1.54) is 24.4 Å². The van der Waals surface area contributed by atoms with Crippen molar-refractivity contribution in [2.75, 3.05) is 11.9 Å². The molecule has 0 unspecified atom stereocenters. The van der Waals surface area contributed by atoms with E-state index in [2.05, 4.69) is 31.8 Å². The van der Waals surface area contributed by atoms with Crippen LogP contribution in [0.3, 0.4) is 0 Å². The zero-order valence-electron chi connectivity index (χ0n) is 16.3. The predicted molar refractivity (Wildman–Crippen MR) is 112 cm³/mol. The number of nitrogens with one attached hydrogen (secondary N) is 2. The van der Waals surface area contributed by atoms with Crippen LogP contribution in [-0.4, -0.2) is 29.7 Å². The first-order chi connectivity index (χ1) is 14.6. The summed E-state index contributed by atoms with van der Waals surface area (Å²) in [6.45, 7) is 2.11. The molecule has 0 spiro atoms. The lowest BCUT2D eigenvalue weighted by molar-refractivity contribution is -0.137. The Hall–Kier alpha value is -3.08. The van der Waals surface area contributed by atoms with E-state index in [9.17, 15) is 27.9 Å². The van der Waals surface area contributed by atoms with Crippen LogP contribution in [0.5, 0.6) is 11.5 Å². The fraction of sp³-hybridized carbons (Fsp3) is 0.250. The molecule has 0 heterocycles. The molecule has 166 valence electrons. The molecule has 0 aliphatic rings. The molecule has 0 aliphatic heterocycles. The number of phenolic OH excluding ortho intramolecular Hbond substituents is 1. The molecule has 0 bridgehead atoms. The van der Waals surface area contributed by atoms with Crippen LogP contribution in [0.25, 0.3) is 0 Å². The first-order valence-corrected chi connectivity index (χ1v) is 9.83. The van der Waals surface area contributed by atoms with Gasteiger partial charge >= 0.3 is 6.18 Å². The predicted octanol–water partition coefficient (Wildman–Crippen LogP) is 4.44. The molecule has 31 heavy (non-hydrogen) atoms. The van der Waals surface area contributed by atoms with Crippen LogP contribution in [0.2, 0.25) is 0 Å². The Labute approximate surface area is 184 Å². The molecule has 0 saturated heterocycles. The van der Waals surface area contributed by atoms with Crippen LogP contribution in [0.4, 0.5) is 18.9 Å². The van der Waals surface area contributed by atoms with Gasteiger partial charge in [-0.1, -0.05) is 6.07 Å². The second kappa shape index (κ2) is 10.8. The Kier molecular flexibility index (Phi) is 8.43. The molecule has 2 rings (SSSR count). The molecule has 0 radical (unpaired) electrons. The van der Waals surface area contributed by atoms with Crippen LogP contribution in [0.1, 0.15) is 30.9 Å². The Balaban J connectivity index is 1.85. The monoisotopic (exact) mass is 501 g/mol. The zero-order valence-corrected chi connectivity index (χ0v) is 17.9. The van der Waals surface area contributed by atoms with Gasteiger partial charge in [0.05, 0.1) is 22.9 Å². The van der Waals surface area contributed by atoms with E-state index in [1.54, 1.807) is 13.0 Å². The zero-order chi connectivity index (χ0) is 23.0. The van der Waals surface area contributed by atoms with Gasteiger partial charge in [-0.2, -0.15) is 18.3 Å². The average molecular weight is 502 g/mol. The minimum atomic E-state index is -4.52. The van der Waals surface area contributed by atoms with E-state index in [0.29, 0.717) is 16.6 Å².